The Kier molecular flexibility index (Phi) is 7.30. The molecule has 0 spiro atoms. The zero-order valence-corrected chi connectivity index (χ0v) is 19.2. The lowest BCUT2D eigenvalue weighted by Crippen LogP contribution is -2.15. The molecular formula is C26H28ClN3O2. The van der Waals surface area contributed by atoms with E-state index in [2.05, 4.69) is 40.4 Å². The van der Waals surface area contributed by atoms with Crippen molar-refractivity contribution < 1.29 is 9.47 Å². The number of para-hydroxylation sites is 2. The summed E-state index contributed by atoms with van der Waals surface area (Å²) in [5.41, 5.74) is 5.47. The van der Waals surface area contributed by atoms with Gasteiger partial charge in [-0.15, -0.1) is 0 Å². The van der Waals surface area contributed by atoms with E-state index in [1.807, 2.05) is 42.5 Å². The zero-order chi connectivity index (χ0) is 22.3. The second-order valence-corrected chi connectivity index (χ2v) is 8.21. The molecule has 0 atom stereocenters. The fraction of sp³-hybridized carbons (Fsp3) is 0.269. The number of fused-ring (bicyclic) bond motifs is 1. The van der Waals surface area contributed by atoms with Gasteiger partial charge in [0.05, 0.1) is 23.2 Å². The molecule has 0 bridgehead atoms. The van der Waals surface area contributed by atoms with Crippen molar-refractivity contribution in [1.82, 2.24) is 15.3 Å². The van der Waals surface area contributed by atoms with Crippen LogP contribution in [0.1, 0.15) is 28.9 Å². The van der Waals surface area contributed by atoms with Crippen LogP contribution >= 0.6 is 11.6 Å². The minimum Gasteiger partial charge on any atom is -0.493 e. The molecule has 0 aliphatic carbocycles. The van der Waals surface area contributed by atoms with Crippen molar-refractivity contribution in [3.8, 4) is 11.5 Å². The van der Waals surface area contributed by atoms with Crippen molar-refractivity contribution in [2.24, 2.45) is 0 Å². The van der Waals surface area contributed by atoms with Crippen LogP contribution in [-0.2, 0) is 19.6 Å². The number of hydrogen-bond acceptors (Lipinski definition) is 4. The first-order valence-electron chi connectivity index (χ1n) is 10.8. The molecule has 3 aromatic carbocycles. The maximum atomic E-state index is 6.53. The molecule has 0 unspecified atom stereocenters. The maximum Gasteiger partial charge on any atom is 0.180 e. The van der Waals surface area contributed by atoms with E-state index >= 15 is 0 Å². The van der Waals surface area contributed by atoms with E-state index in [9.17, 15) is 0 Å². The Morgan fingerprint density at radius 2 is 1.88 bits per heavy atom. The number of ether oxygens (including phenoxy) is 2. The molecule has 1 aromatic heterocycles. The second kappa shape index (κ2) is 10.5. The minimum absolute atomic E-state index is 0.447. The van der Waals surface area contributed by atoms with Gasteiger partial charge in [0.25, 0.3) is 0 Å². The number of nitrogens with zero attached hydrogens (tertiary/aromatic N) is 1. The SMILES string of the molecule is COc1cc(CNCCCc2nc3ccccc3[nH]2)cc(Cl)c1OCc1ccccc1C. The summed E-state index contributed by atoms with van der Waals surface area (Å²) < 4.78 is 11.6. The van der Waals surface area contributed by atoms with E-state index in [0.29, 0.717) is 29.7 Å². The summed E-state index contributed by atoms with van der Waals surface area (Å²) in [5.74, 6) is 2.24. The standard InChI is InChI=1S/C26H28ClN3O2/c1-18-8-3-4-9-20(18)17-32-26-21(27)14-19(15-24(26)31-2)16-28-13-7-12-25-29-22-10-5-6-11-23(22)30-25/h3-6,8-11,14-15,28H,7,12-13,16-17H2,1-2H3,(H,29,30). The van der Waals surface area contributed by atoms with Gasteiger partial charge in [-0.25, -0.2) is 4.98 Å². The van der Waals surface area contributed by atoms with Crippen LogP contribution in [0.4, 0.5) is 0 Å². The smallest absolute Gasteiger partial charge is 0.180 e. The Hall–Kier alpha value is -3.02. The summed E-state index contributed by atoms with van der Waals surface area (Å²) in [5, 5.41) is 4.03. The molecule has 32 heavy (non-hydrogen) atoms. The highest BCUT2D eigenvalue weighted by atomic mass is 35.5. The minimum atomic E-state index is 0.447. The number of aromatic amines is 1. The van der Waals surface area contributed by atoms with Crippen LogP contribution in [0.2, 0.25) is 5.02 Å². The molecule has 4 rings (SSSR count). The van der Waals surface area contributed by atoms with E-state index in [4.69, 9.17) is 21.1 Å². The number of methoxy groups -OCH3 is 1. The Balaban J connectivity index is 1.29. The van der Waals surface area contributed by atoms with Crippen molar-refractivity contribution in [2.75, 3.05) is 13.7 Å². The van der Waals surface area contributed by atoms with E-state index in [1.54, 1.807) is 7.11 Å². The van der Waals surface area contributed by atoms with Crippen molar-refractivity contribution in [1.29, 1.82) is 0 Å². The largest absolute Gasteiger partial charge is 0.493 e. The number of aromatic nitrogens is 2. The molecule has 166 valence electrons. The van der Waals surface area contributed by atoms with Crippen molar-refractivity contribution in [3.63, 3.8) is 0 Å². The number of benzene rings is 3. The Bertz CT molecular complexity index is 1160. The summed E-state index contributed by atoms with van der Waals surface area (Å²) >= 11 is 6.53. The Morgan fingerprint density at radius 1 is 1.06 bits per heavy atom. The van der Waals surface area contributed by atoms with Gasteiger partial charge in [-0.3, -0.25) is 0 Å². The fourth-order valence-electron chi connectivity index (χ4n) is 3.67. The number of halogens is 1. The van der Waals surface area contributed by atoms with Crippen molar-refractivity contribution in [2.45, 2.75) is 32.9 Å². The molecule has 0 radical (unpaired) electrons. The van der Waals surface area contributed by atoms with Gasteiger partial charge >= 0.3 is 0 Å². The van der Waals surface area contributed by atoms with Crippen LogP contribution in [0.15, 0.2) is 60.7 Å². The first kappa shape index (κ1) is 22.2. The Labute approximate surface area is 193 Å². The van der Waals surface area contributed by atoms with Crippen LogP contribution in [0.25, 0.3) is 11.0 Å². The summed E-state index contributed by atoms with van der Waals surface area (Å²) in [6.07, 6.45) is 1.89. The topological polar surface area (TPSA) is 59.2 Å². The number of hydrogen-bond donors (Lipinski definition) is 2. The monoisotopic (exact) mass is 449 g/mol. The maximum absolute atomic E-state index is 6.53. The zero-order valence-electron chi connectivity index (χ0n) is 18.5. The molecule has 0 fully saturated rings. The van der Waals surface area contributed by atoms with Crippen LogP contribution in [0, 0.1) is 6.92 Å². The molecule has 0 saturated carbocycles. The highest BCUT2D eigenvalue weighted by Gasteiger charge is 2.13. The summed E-state index contributed by atoms with van der Waals surface area (Å²) in [7, 11) is 1.64. The van der Waals surface area contributed by atoms with E-state index in [1.165, 1.54) is 5.56 Å². The number of imidazole rings is 1. The van der Waals surface area contributed by atoms with Crippen molar-refractivity contribution in [3.05, 3.63) is 88.2 Å². The molecular weight excluding hydrogens is 422 g/mol. The average Bonchev–Trinajstić information content (AvgIpc) is 3.21. The second-order valence-electron chi connectivity index (χ2n) is 7.81. The number of aryl methyl sites for hydroxylation is 2. The lowest BCUT2D eigenvalue weighted by molar-refractivity contribution is 0.284. The highest BCUT2D eigenvalue weighted by Crippen LogP contribution is 2.37. The third-order valence-corrected chi connectivity index (χ3v) is 5.74. The van der Waals surface area contributed by atoms with E-state index in [-0.39, 0.29) is 0 Å². The molecule has 0 aliphatic rings. The van der Waals surface area contributed by atoms with E-state index in [0.717, 1.165) is 47.4 Å². The first-order chi connectivity index (χ1) is 15.6. The van der Waals surface area contributed by atoms with Gasteiger partial charge in [-0.1, -0.05) is 48.0 Å². The van der Waals surface area contributed by atoms with Crippen molar-refractivity contribution >= 4 is 22.6 Å². The molecule has 0 saturated heterocycles. The summed E-state index contributed by atoms with van der Waals surface area (Å²) in [4.78, 5) is 8.00. The summed E-state index contributed by atoms with van der Waals surface area (Å²) in [6.45, 7) is 4.10. The third-order valence-electron chi connectivity index (χ3n) is 5.46. The molecule has 2 N–H and O–H groups in total. The van der Waals surface area contributed by atoms with Gasteiger partial charge in [-0.2, -0.15) is 0 Å². The van der Waals surface area contributed by atoms with Crippen LogP contribution in [0.5, 0.6) is 11.5 Å². The number of H-pyrrole nitrogens is 1. The lowest BCUT2D eigenvalue weighted by atomic mass is 10.1. The first-order valence-corrected chi connectivity index (χ1v) is 11.2. The molecule has 0 amide bonds. The predicted octanol–water partition coefficient (Wildman–Crippen LogP) is 5.83. The molecule has 5 nitrogen and oxygen atoms in total. The Morgan fingerprint density at radius 3 is 2.69 bits per heavy atom. The average molecular weight is 450 g/mol. The van der Waals surface area contributed by atoms with Crippen LogP contribution in [0.3, 0.4) is 0 Å². The molecule has 0 aliphatic heterocycles. The number of nitrogens with one attached hydrogen (secondary N) is 2. The van der Waals surface area contributed by atoms with Crippen LogP contribution < -0.4 is 14.8 Å². The van der Waals surface area contributed by atoms with Gasteiger partial charge in [-0.05, 0) is 60.8 Å². The van der Waals surface area contributed by atoms with E-state index < -0.39 is 0 Å². The third kappa shape index (κ3) is 5.42. The normalized spacial score (nSPS) is 11.1. The fourth-order valence-corrected chi connectivity index (χ4v) is 3.96. The van der Waals surface area contributed by atoms with Crippen LogP contribution in [-0.4, -0.2) is 23.6 Å². The van der Waals surface area contributed by atoms with Gasteiger partial charge in [0.2, 0.25) is 0 Å². The predicted molar refractivity (Wildman–Crippen MR) is 130 cm³/mol. The molecule has 1 heterocycles. The van der Waals surface area contributed by atoms with Gasteiger partial charge < -0.3 is 19.8 Å². The summed E-state index contributed by atoms with van der Waals surface area (Å²) in [6, 6.07) is 20.2. The quantitative estimate of drug-likeness (QED) is 0.299. The molecule has 4 aromatic rings. The molecule has 6 heteroatoms. The van der Waals surface area contributed by atoms with Gasteiger partial charge in [0.15, 0.2) is 11.5 Å². The van der Waals surface area contributed by atoms with Gasteiger partial charge in [0, 0.05) is 13.0 Å². The lowest BCUT2D eigenvalue weighted by Gasteiger charge is -2.15. The highest BCUT2D eigenvalue weighted by molar-refractivity contribution is 6.32. The van der Waals surface area contributed by atoms with Gasteiger partial charge in [0.1, 0.15) is 12.4 Å². The number of rotatable bonds is 10.